The molecular formula is C23H33N3. The number of aryl methyl sites for hydroxylation is 1. The third kappa shape index (κ3) is 3.79. The molecule has 2 atom stereocenters. The van der Waals surface area contributed by atoms with Crippen LogP contribution < -0.4 is 0 Å². The first-order valence-corrected chi connectivity index (χ1v) is 10.3. The van der Waals surface area contributed by atoms with Crippen LogP contribution in [0.5, 0.6) is 0 Å². The lowest BCUT2D eigenvalue weighted by molar-refractivity contribution is 0.114. The van der Waals surface area contributed by atoms with Crippen LogP contribution in [0, 0.1) is 18.8 Å². The molecule has 26 heavy (non-hydrogen) atoms. The molecule has 3 heteroatoms. The maximum atomic E-state index is 4.66. The van der Waals surface area contributed by atoms with Crippen LogP contribution in [0.1, 0.15) is 43.2 Å². The Morgan fingerprint density at radius 2 is 1.92 bits per heavy atom. The van der Waals surface area contributed by atoms with Crippen molar-refractivity contribution < 1.29 is 0 Å². The van der Waals surface area contributed by atoms with E-state index in [4.69, 9.17) is 0 Å². The first-order chi connectivity index (χ1) is 12.6. The van der Waals surface area contributed by atoms with Crippen LogP contribution in [-0.4, -0.2) is 54.6 Å². The highest BCUT2D eigenvalue weighted by Crippen LogP contribution is 2.35. The smallest absolute Gasteiger partial charge is 0.0733 e. The van der Waals surface area contributed by atoms with Gasteiger partial charge in [0, 0.05) is 31.2 Å². The normalized spacial score (nSPS) is 26.4. The van der Waals surface area contributed by atoms with Crippen LogP contribution in [0.3, 0.4) is 0 Å². The second-order valence-electron chi connectivity index (χ2n) is 8.87. The summed E-state index contributed by atoms with van der Waals surface area (Å²) >= 11 is 0. The van der Waals surface area contributed by atoms with E-state index in [0.29, 0.717) is 5.92 Å². The fourth-order valence-corrected chi connectivity index (χ4v) is 5.14. The third-order valence-corrected chi connectivity index (χ3v) is 6.53. The highest BCUT2D eigenvalue weighted by atomic mass is 15.1. The van der Waals surface area contributed by atoms with Gasteiger partial charge < -0.3 is 9.80 Å². The standard InChI is InChI=1S/C23H33N3/c1-17-13-20(16-26(14-17)15-19-8-11-25(3)12-9-19)21-7-6-18(2)23-22(21)5-4-10-24-23/h4-7,10,17,19-20H,8-9,11-16H2,1-3H3. The minimum Gasteiger partial charge on any atom is -0.306 e. The lowest BCUT2D eigenvalue weighted by atomic mass is 9.82. The van der Waals surface area contributed by atoms with Gasteiger partial charge in [-0.05, 0) is 81.3 Å². The fourth-order valence-electron chi connectivity index (χ4n) is 5.14. The maximum absolute atomic E-state index is 4.66. The summed E-state index contributed by atoms with van der Waals surface area (Å²) in [6, 6.07) is 9.00. The molecule has 2 fully saturated rings. The molecule has 2 unspecified atom stereocenters. The Labute approximate surface area is 158 Å². The van der Waals surface area contributed by atoms with Crippen LogP contribution in [0.4, 0.5) is 0 Å². The highest BCUT2D eigenvalue weighted by molar-refractivity contribution is 5.85. The first kappa shape index (κ1) is 17.9. The number of nitrogens with zero attached hydrogens (tertiary/aromatic N) is 3. The molecule has 1 aromatic heterocycles. The molecule has 3 heterocycles. The van der Waals surface area contributed by atoms with E-state index in [1.807, 2.05) is 6.20 Å². The summed E-state index contributed by atoms with van der Waals surface area (Å²) in [5.74, 6) is 2.29. The quantitative estimate of drug-likeness (QED) is 0.821. The Morgan fingerprint density at radius 3 is 2.73 bits per heavy atom. The minimum atomic E-state index is 0.636. The number of pyridine rings is 1. The van der Waals surface area contributed by atoms with Crippen LogP contribution in [0.15, 0.2) is 30.5 Å². The van der Waals surface area contributed by atoms with E-state index in [0.717, 1.165) is 11.8 Å². The zero-order valence-electron chi connectivity index (χ0n) is 16.6. The van der Waals surface area contributed by atoms with Crippen molar-refractivity contribution in [3.63, 3.8) is 0 Å². The molecule has 0 amide bonds. The second kappa shape index (κ2) is 7.66. The molecule has 2 aliphatic heterocycles. The Hall–Kier alpha value is -1.45. The molecule has 0 spiro atoms. The number of rotatable bonds is 3. The van der Waals surface area contributed by atoms with Gasteiger partial charge >= 0.3 is 0 Å². The predicted octanol–water partition coefficient (Wildman–Crippen LogP) is 4.31. The van der Waals surface area contributed by atoms with Crippen LogP contribution in [-0.2, 0) is 0 Å². The van der Waals surface area contributed by atoms with E-state index in [1.165, 1.54) is 74.0 Å². The van der Waals surface area contributed by atoms with Gasteiger partial charge in [-0.15, -0.1) is 0 Å². The van der Waals surface area contributed by atoms with Crippen LogP contribution in [0.2, 0.25) is 0 Å². The summed E-state index contributed by atoms with van der Waals surface area (Å²) in [5.41, 5.74) is 3.99. The zero-order chi connectivity index (χ0) is 18.1. The third-order valence-electron chi connectivity index (χ3n) is 6.53. The molecule has 0 N–H and O–H groups in total. The van der Waals surface area contributed by atoms with Gasteiger partial charge in [0.1, 0.15) is 0 Å². The van der Waals surface area contributed by atoms with Gasteiger partial charge in [0.25, 0.3) is 0 Å². The summed E-state index contributed by atoms with van der Waals surface area (Å²) in [5, 5.41) is 1.37. The number of piperidine rings is 2. The van der Waals surface area contributed by atoms with Crippen molar-refractivity contribution in [2.24, 2.45) is 11.8 Å². The first-order valence-electron chi connectivity index (χ1n) is 10.3. The Morgan fingerprint density at radius 1 is 1.12 bits per heavy atom. The van der Waals surface area contributed by atoms with Gasteiger partial charge in [0.15, 0.2) is 0 Å². The van der Waals surface area contributed by atoms with E-state index < -0.39 is 0 Å². The van der Waals surface area contributed by atoms with E-state index >= 15 is 0 Å². The molecule has 1 aromatic carbocycles. The number of hydrogen-bond donors (Lipinski definition) is 0. The van der Waals surface area contributed by atoms with Crippen molar-refractivity contribution in [2.45, 2.75) is 39.0 Å². The molecule has 140 valence electrons. The number of likely N-dealkylation sites (tertiary alicyclic amines) is 2. The van der Waals surface area contributed by atoms with E-state index in [-0.39, 0.29) is 0 Å². The van der Waals surface area contributed by atoms with Gasteiger partial charge in [-0.3, -0.25) is 4.98 Å². The Kier molecular flexibility index (Phi) is 5.28. The monoisotopic (exact) mass is 351 g/mol. The number of hydrogen-bond acceptors (Lipinski definition) is 3. The lowest BCUT2D eigenvalue weighted by Crippen LogP contribution is -2.43. The van der Waals surface area contributed by atoms with Crippen molar-refractivity contribution in [3.05, 3.63) is 41.6 Å². The minimum absolute atomic E-state index is 0.636. The van der Waals surface area contributed by atoms with E-state index in [2.05, 4.69) is 59.9 Å². The lowest BCUT2D eigenvalue weighted by Gasteiger charge is -2.40. The molecular weight excluding hydrogens is 318 g/mol. The van der Waals surface area contributed by atoms with Crippen molar-refractivity contribution >= 4 is 10.9 Å². The van der Waals surface area contributed by atoms with Crippen molar-refractivity contribution in [2.75, 3.05) is 39.8 Å². The molecule has 2 aliphatic rings. The summed E-state index contributed by atoms with van der Waals surface area (Å²) in [4.78, 5) is 9.89. The number of benzene rings is 1. The van der Waals surface area contributed by atoms with E-state index in [9.17, 15) is 0 Å². The SMILES string of the molecule is Cc1ccc(C2CC(C)CN(CC3CCN(C)CC3)C2)c2cccnc12. The van der Waals surface area contributed by atoms with E-state index in [1.54, 1.807) is 0 Å². The van der Waals surface area contributed by atoms with Gasteiger partial charge in [-0.1, -0.05) is 25.1 Å². The van der Waals surface area contributed by atoms with Gasteiger partial charge in [0.2, 0.25) is 0 Å². The van der Waals surface area contributed by atoms with Crippen LogP contribution in [0.25, 0.3) is 10.9 Å². The summed E-state index contributed by atoms with van der Waals surface area (Å²) in [6.45, 7) is 10.9. The molecule has 2 aromatic rings. The largest absolute Gasteiger partial charge is 0.306 e. The zero-order valence-corrected chi connectivity index (χ0v) is 16.6. The fraction of sp³-hybridized carbons (Fsp3) is 0.609. The molecule has 4 rings (SSSR count). The maximum Gasteiger partial charge on any atom is 0.0733 e. The molecule has 0 radical (unpaired) electrons. The van der Waals surface area contributed by atoms with Gasteiger partial charge in [-0.2, -0.15) is 0 Å². The molecule has 0 saturated carbocycles. The average Bonchev–Trinajstić information content (AvgIpc) is 2.64. The molecule has 3 nitrogen and oxygen atoms in total. The Bertz CT molecular complexity index is 748. The number of aromatic nitrogens is 1. The van der Waals surface area contributed by atoms with Gasteiger partial charge in [-0.25, -0.2) is 0 Å². The summed E-state index contributed by atoms with van der Waals surface area (Å²) < 4.78 is 0. The van der Waals surface area contributed by atoms with Crippen LogP contribution >= 0.6 is 0 Å². The topological polar surface area (TPSA) is 19.4 Å². The average molecular weight is 352 g/mol. The van der Waals surface area contributed by atoms with Gasteiger partial charge in [0.05, 0.1) is 5.52 Å². The molecule has 2 saturated heterocycles. The van der Waals surface area contributed by atoms with Crippen molar-refractivity contribution in [1.82, 2.24) is 14.8 Å². The number of fused-ring (bicyclic) bond motifs is 1. The summed E-state index contributed by atoms with van der Waals surface area (Å²) in [7, 11) is 2.26. The molecule has 0 bridgehead atoms. The summed E-state index contributed by atoms with van der Waals surface area (Å²) in [6.07, 6.45) is 5.96. The molecule has 0 aliphatic carbocycles. The highest BCUT2D eigenvalue weighted by Gasteiger charge is 2.29. The second-order valence-corrected chi connectivity index (χ2v) is 8.87. The van der Waals surface area contributed by atoms with Crippen molar-refractivity contribution in [3.8, 4) is 0 Å². The van der Waals surface area contributed by atoms with Crippen molar-refractivity contribution in [1.29, 1.82) is 0 Å². The predicted molar refractivity (Wildman–Crippen MR) is 110 cm³/mol. The Balaban J connectivity index is 1.53.